The fourth-order valence-electron chi connectivity index (χ4n) is 6.46. The van der Waals surface area contributed by atoms with Crippen molar-refractivity contribution in [1.29, 1.82) is 0 Å². The van der Waals surface area contributed by atoms with Crippen molar-refractivity contribution in [1.82, 2.24) is 4.90 Å². The molecule has 3 aromatic rings. The van der Waals surface area contributed by atoms with Gasteiger partial charge in [0.25, 0.3) is 0 Å². The second-order valence-corrected chi connectivity index (χ2v) is 9.55. The third-order valence-electron chi connectivity index (χ3n) is 7.89. The van der Waals surface area contributed by atoms with Crippen LogP contribution in [0.2, 0.25) is 0 Å². The lowest BCUT2D eigenvalue weighted by Crippen LogP contribution is -2.64. The topological polar surface area (TPSA) is 23.5 Å². The Morgan fingerprint density at radius 3 is 1.57 bits per heavy atom. The Bertz CT molecular complexity index is 935. The van der Waals surface area contributed by atoms with E-state index in [9.17, 15) is 5.11 Å². The third-order valence-corrected chi connectivity index (χ3v) is 7.89. The van der Waals surface area contributed by atoms with Crippen LogP contribution >= 0.6 is 0 Å². The maximum absolute atomic E-state index is 12.5. The van der Waals surface area contributed by atoms with Gasteiger partial charge in [0.2, 0.25) is 0 Å². The van der Waals surface area contributed by atoms with Crippen molar-refractivity contribution in [2.24, 2.45) is 5.92 Å². The average Bonchev–Trinajstić information content (AvgIpc) is 2.80. The summed E-state index contributed by atoms with van der Waals surface area (Å²) >= 11 is 0. The van der Waals surface area contributed by atoms with Gasteiger partial charge in [-0.1, -0.05) is 91.0 Å². The zero-order chi connectivity index (χ0) is 20.8. The summed E-state index contributed by atoms with van der Waals surface area (Å²) in [5.74, 6) is 0.768. The number of fused-ring (bicyclic) bond motifs is 3. The maximum Gasteiger partial charge on any atom is 0.0953 e. The van der Waals surface area contributed by atoms with Crippen LogP contribution in [0.4, 0.5) is 0 Å². The molecular formula is C28H31NO. The van der Waals surface area contributed by atoms with Gasteiger partial charge >= 0.3 is 0 Å². The molecular weight excluding hydrogens is 366 g/mol. The van der Waals surface area contributed by atoms with Gasteiger partial charge in [0.1, 0.15) is 0 Å². The molecule has 6 rings (SSSR count). The Labute approximate surface area is 180 Å². The molecule has 0 saturated heterocycles. The molecule has 3 aliphatic rings. The Hall–Kier alpha value is -2.42. The van der Waals surface area contributed by atoms with Crippen LogP contribution in [0.3, 0.4) is 0 Å². The van der Waals surface area contributed by atoms with E-state index in [0.717, 1.165) is 24.8 Å². The molecule has 1 N–H and O–H groups in total. The van der Waals surface area contributed by atoms with E-state index in [-0.39, 0.29) is 11.5 Å². The smallest absolute Gasteiger partial charge is 0.0953 e. The Kier molecular flexibility index (Phi) is 4.80. The Morgan fingerprint density at radius 2 is 1.13 bits per heavy atom. The van der Waals surface area contributed by atoms with Crippen LogP contribution in [0.1, 0.15) is 47.8 Å². The third kappa shape index (κ3) is 3.02. The summed E-state index contributed by atoms with van der Waals surface area (Å²) in [6.45, 7) is 0. The molecule has 0 amide bonds. The van der Waals surface area contributed by atoms with E-state index >= 15 is 0 Å². The summed E-state index contributed by atoms with van der Waals surface area (Å²) in [6, 6.07) is 32.1. The summed E-state index contributed by atoms with van der Waals surface area (Å²) in [6.07, 6.45) is 2.97. The number of benzene rings is 3. The maximum atomic E-state index is 12.5. The molecule has 30 heavy (non-hydrogen) atoms. The van der Waals surface area contributed by atoms with Gasteiger partial charge in [-0.2, -0.15) is 0 Å². The van der Waals surface area contributed by atoms with Gasteiger partial charge in [0, 0.05) is 11.5 Å². The minimum absolute atomic E-state index is 0.0413. The highest BCUT2D eigenvalue weighted by Gasteiger charge is 2.63. The van der Waals surface area contributed by atoms with Crippen LogP contribution in [0.25, 0.3) is 0 Å². The SMILES string of the molecule is CN(C)C12C[C@@H](c3ccccc3)C([C@H](c3ccccc3)C1)[C@](O)(c1ccccc1)C2. The first-order chi connectivity index (χ1) is 14.5. The first-order valence-electron chi connectivity index (χ1n) is 11.1. The van der Waals surface area contributed by atoms with E-state index in [1.165, 1.54) is 11.1 Å². The van der Waals surface area contributed by atoms with Gasteiger partial charge in [-0.05, 0) is 61.9 Å². The molecule has 3 aliphatic carbocycles. The van der Waals surface area contributed by atoms with Gasteiger partial charge in [-0.15, -0.1) is 0 Å². The molecule has 154 valence electrons. The monoisotopic (exact) mass is 397 g/mol. The van der Waals surface area contributed by atoms with Crippen molar-refractivity contribution in [2.75, 3.05) is 14.1 Å². The lowest BCUT2D eigenvalue weighted by atomic mass is 9.46. The number of aliphatic hydroxyl groups is 1. The quantitative estimate of drug-likeness (QED) is 0.623. The van der Waals surface area contributed by atoms with Crippen molar-refractivity contribution in [3.63, 3.8) is 0 Å². The standard InChI is InChI=1S/C28H31NO/c1-29(2)27-18-24(21-12-6-3-7-13-21)26(25(19-27)22-14-8-4-9-15-22)28(30,20-27)23-16-10-5-11-17-23/h3-17,24-26,30H,18-20H2,1-2H3/t24-,25-,26?,27?,28+/m0/s1. The second-order valence-electron chi connectivity index (χ2n) is 9.55. The minimum Gasteiger partial charge on any atom is -0.385 e. The van der Waals surface area contributed by atoms with E-state index < -0.39 is 5.60 Å². The van der Waals surface area contributed by atoms with Crippen molar-refractivity contribution in [3.8, 4) is 0 Å². The van der Waals surface area contributed by atoms with Crippen molar-refractivity contribution in [2.45, 2.75) is 42.2 Å². The number of hydrogen-bond donors (Lipinski definition) is 1. The molecule has 3 atom stereocenters. The molecule has 0 aliphatic heterocycles. The molecule has 3 aromatic carbocycles. The molecule has 0 unspecified atom stereocenters. The molecule has 0 radical (unpaired) electrons. The van der Waals surface area contributed by atoms with Gasteiger partial charge in [0.05, 0.1) is 5.60 Å². The Balaban J connectivity index is 1.73. The van der Waals surface area contributed by atoms with Gasteiger partial charge in [-0.3, -0.25) is 0 Å². The number of rotatable bonds is 4. The highest BCUT2D eigenvalue weighted by molar-refractivity contribution is 5.38. The van der Waals surface area contributed by atoms with Crippen LogP contribution in [0, 0.1) is 5.92 Å². The van der Waals surface area contributed by atoms with E-state index in [4.69, 9.17) is 0 Å². The number of hydrogen-bond acceptors (Lipinski definition) is 2. The summed E-state index contributed by atoms with van der Waals surface area (Å²) in [7, 11) is 4.39. The molecule has 0 aromatic heterocycles. The van der Waals surface area contributed by atoms with Gasteiger partial charge < -0.3 is 10.0 Å². The van der Waals surface area contributed by atoms with E-state index in [2.05, 4.69) is 104 Å². The predicted molar refractivity (Wildman–Crippen MR) is 122 cm³/mol. The molecule has 2 bridgehead atoms. The number of nitrogens with zero attached hydrogens (tertiary/aromatic N) is 1. The molecule has 3 fully saturated rings. The largest absolute Gasteiger partial charge is 0.385 e. The molecule has 3 saturated carbocycles. The van der Waals surface area contributed by atoms with Crippen LogP contribution in [-0.2, 0) is 5.60 Å². The highest BCUT2D eigenvalue weighted by Crippen LogP contribution is 2.65. The first kappa shape index (κ1) is 19.5. The Morgan fingerprint density at radius 1 is 0.700 bits per heavy atom. The molecule has 2 heteroatoms. The second kappa shape index (κ2) is 7.37. The van der Waals surface area contributed by atoms with Crippen molar-refractivity contribution in [3.05, 3.63) is 108 Å². The van der Waals surface area contributed by atoms with E-state index in [0.29, 0.717) is 11.8 Å². The van der Waals surface area contributed by atoms with Crippen LogP contribution in [0.5, 0.6) is 0 Å². The fraction of sp³-hybridized carbons (Fsp3) is 0.357. The normalized spacial score (nSPS) is 33.0. The zero-order valence-corrected chi connectivity index (χ0v) is 17.9. The van der Waals surface area contributed by atoms with Crippen LogP contribution < -0.4 is 0 Å². The highest BCUT2D eigenvalue weighted by atomic mass is 16.3. The molecule has 0 heterocycles. The summed E-state index contributed by atoms with van der Waals surface area (Å²) in [5, 5.41) is 12.5. The van der Waals surface area contributed by atoms with Gasteiger partial charge in [0.15, 0.2) is 0 Å². The zero-order valence-electron chi connectivity index (χ0n) is 17.9. The van der Waals surface area contributed by atoms with Crippen LogP contribution in [0.15, 0.2) is 91.0 Å². The average molecular weight is 398 g/mol. The lowest BCUT2D eigenvalue weighted by Gasteiger charge is -2.64. The molecule has 0 spiro atoms. The fourth-order valence-corrected chi connectivity index (χ4v) is 6.46. The first-order valence-corrected chi connectivity index (χ1v) is 11.1. The predicted octanol–water partition coefficient (Wildman–Crippen LogP) is 5.56. The summed E-state index contributed by atoms with van der Waals surface area (Å²) in [5.41, 5.74) is 2.86. The minimum atomic E-state index is -0.858. The van der Waals surface area contributed by atoms with Crippen LogP contribution in [-0.4, -0.2) is 29.6 Å². The lowest BCUT2D eigenvalue weighted by molar-refractivity contribution is -0.166. The van der Waals surface area contributed by atoms with E-state index in [1.54, 1.807) is 0 Å². The molecule has 2 nitrogen and oxygen atoms in total. The van der Waals surface area contributed by atoms with Gasteiger partial charge in [-0.25, -0.2) is 0 Å². The summed E-state index contributed by atoms with van der Waals surface area (Å²) < 4.78 is 0. The van der Waals surface area contributed by atoms with Crippen molar-refractivity contribution < 1.29 is 5.11 Å². The summed E-state index contributed by atoms with van der Waals surface area (Å²) in [4.78, 5) is 2.39. The van der Waals surface area contributed by atoms with E-state index in [1.807, 2.05) is 6.07 Å². The van der Waals surface area contributed by atoms with Crippen molar-refractivity contribution >= 4 is 0 Å².